The van der Waals surface area contributed by atoms with Gasteiger partial charge in [-0.3, -0.25) is 9.59 Å². The third kappa shape index (κ3) is 9.22. The summed E-state index contributed by atoms with van der Waals surface area (Å²) in [5.74, 6) is 0.792. The van der Waals surface area contributed by atoms with Crippen molar-refractivity contribution in [2.24, 2.45) is 5.41 Å². The first kappa shape index (κ1) is 41.7. The lowest BCUT2D eigenvalue weighted by atomic mass is 9.64. The highest BCUT2D eigenvalue weighted by Crippen LogP contribution is 2.59. The molecule has 3 aliphatic rings. The van der Waals surface area contributed by atoms with E-state index in [9.17, 15) is 19.8 Å². The van der Waals surface area contributed by atoms with Gasteiger partial charge in [0.2, 0.25) is 5.91 Å². The molecule has 1 amide bonds. The van der Waals surface area contributed by atoms with E-state index in [0.717, 1.165) is 46.2 Å². The summed E-state index contributed by atoms with van der Waals surface area (Å²) < 4.78 is 11.0. The van der Waals surface area contributed by atoms with Crippen molar-refractivity contribution < 1.29 is 29.3 Å². The Morgan fingerprint density at radius 1 is 0.780 bits per heavy atom. The Balaban J connectivity index is 1.27. The molecule has 5 aromatic rings. The zero-order valence-electron chi connectivity index (χ0n) is 34.8. The number of nitrogens with zero attached hydrogens (tertiary/aromatic N) is 1. The second-order valence-electron chi connectivity index (χ2n) is 16.8. The van der Waals surface area contributed by atoms with Gasteiger partial charge in [0.1, 0.15) is 0 Å². The van der Waals surface area contributed by atoms with Gasteiger partial charge in [0.05, 0.1) is 38.9 Å². The minimum absolute atomic E-state index is 0.0765. The van der Waals surface area contributed by atoms with Gasteiger partial charge in [-0.1, -0.05) is 122 Å². The van der Waals surface area contributed by atoms with Crippen LogP contribution in [0.1, 0.15) is 96.5 Å². The molecule has 2 N–H and O–H groups in total. The van der Waals surface area contributed by atoms with Gasteiger partial charge < -0.3 is 24.6 Å². The van der Waals surface area contributed by atoms with Gasteiger partial charge in [0.25, 0.3) is 0 Å². The van der Waals surface area contributed by atoms with E-state index in [2.05, 4.69) is 44.2 Å². The molecule has 8 rings (SSSR count). The number of aliphatic hydroxyl groups excluding tert-OH is 1. The molecule has 5 aromatic carbocycles. The van der Waals surface area contributed by atoms with Gasteiger partial charge in [0, 0.05) is 23.1 Å². The predicted octanol–water partition coefficient (Wildman–Crippen LogP) is 9.91. The minimum Gasteiger partial charge on any atom is -0.493 e. The van der Waals surface area contributed by atoms with Crippen molar-refractivity contribution in [2.45, 2.75) is 89.4 Å². The first-order chi connectivity index (χ1) is 28.5. The number of carbonyl (C=O) groups excluding carboxylic acids is 2. The van der Waals surface area contributed by atoms with Crippen molar-refractivity contribution >= 4 is 11.7 Å². The van der Waals surface area contributed by atoms with Gasteiger partial charge in [-0.25, -0.2) is 0 Å². The minimum atomic E-state index is -1.27. The quantitative estimate of drug-likeness (QED) is 0.102. The fourth-order valence-corrected chi connectivity index (χ4v) is 9.43. The molecule has 59 heavy (non-hydrogen) atoms. The van der Waals surface area contributed by atoms with E-state index in [-0.39, 0.29) is 30.6 Å². The van der Waals surface area contributed by atoms with Crippen LogP contribution in [0.15, 0.2) is 133 Å². The standard InChI is InChI=1S/C52H57NO6/c1-36-12-11-28-51(2)46(27-29-52(51,57)35-53(34-37-13-7-5-8-14-37)49(55)33-39-19-26-47(58-3)48(32-39)59-4)44-25-18-38(30-43(54)24-17-36)31-45(44)50(56)42-22-20-41(21-23-42)40-15-9-6-10-16-40/h5-10,12-16,18-23,25-26,31-32,43,46,54,57H,11,17,24,27-30,33-35H2,1-4H3/t43-,46-,51-,52+/m0/s1. The number of amides is 1. The number of benzene rings is 5. The van der Waals surface area contributed by atoms with Crippen molar-refractivity contribution in [2.75, 3.05) is 20.8 Å². The maximum Gasteiger partial charge on any atom is 0.227 e. The Bertz CT molecular complexity index is 2270. The number of hydrogen-bond donors (Lipinski definition) is 2. The van der Waals surface area contributed by atoms with Crippen LogP contribution in [0.25, 0.3) is 11.1 Å². The first-order valence-corrected chi connectivity index (χ1v) is 20.9. The van der Waals surface area contributed by atoms with Crippen LogP contribution < -0.4 is 9.47 Å². The number of aliphatic hydroxyl groups is 2. The second-order valence-corrected chi connectivity index (χ2v) is 16.8. The molecule has 0 aromatic heterocycles. The first-order valence-electron chi connectivity index (χ1n) is 20.9. The highest BCUT2D eigenvalue weighted by Gasteiger charge is 2.57. The fourth-order valence-electron chi connectivity index (χ4n) is 9.43. The number of hydrogen-bond acceptors (Lipinski definition) is 6. The molecule has 7 heteroatoms. The number of rotatable bonds is 11. The van der Waals surface area contributed by atoms with Crippen molar-refractivity contribution in [1.29, 1.82) is 0 Å². The maximum absolute atomic E-state index is 14.7. The normalized spacial score (nSPS) is 21.8. The van der Waals surface area contributed by atoms with Crippen LogP contribution in [0.4, 0.5) is 0 Å². The molecule has 7 nitrogen and oxygen atoms in total. The van der Waals surface area contributed by atoms with E-state index in [1.54, 1.807) is 14.2 Å². The zero-order valence-corrected chi connectivity index (χ0v) is 34.8. The summed E-state index contributed by atoms with van der Waals surface area (Å²) in [6.45, 7) is 4.76. The topological polar surface area (TPSA) is 96.3 Å². The molecular formula is C52H57NO6. The van der Waals surface area contributed by atoms with E-state index >= 15 is 0 Å². The highest BCUT2D eigenvalue weighted by atomic mass is 16.5. The number of ketones is 1. The molecule has 0 unspecified atom stereocenters. The molecule has 0 heterocycles. The average Bonchev–Trinajstić information content (AvgIpc) is 3.51. The highest BCUT2D eigenvalue weighted by molar-refractivity contribution is 6.10. The van der Waals surface area contributed by atoms with Crippen molar-refractivity contribution in [3.8, 4) is 22.6 Å². The molecule has 0 spiro atoms. The van der Waals surface area contributed by atoms with Crippen LogP contribution in [0.2, 0.25) is 0 Å². The van der Waals surface area contributed by atoms with Crippen molar-refractivity contribution in [1.82, 2.24) is 4.90 Å². The fraction of sp³-hybridized carbons (Fsp3) is 0.346. The predicted molar refractivity (Wildman–Crippen MR) is 234 cm³/mol. The molecule has 2 bridgehead atoms. The van der Waals surface area contributed by atoms with Gasteiger partial charge >= 0.3 is 0 Å². The van der Waals surface area contributed by atoms with Crippen molar-refractivity contribution in [3.05, 3.63) is 166 Å². The van der Waals surface area contributed by atoms with Crippen LogP contribution in [-0.2, 0) is 24.2 Å². The van der Waals surface area contributed by atoms with Crippen LogP contribution in [-0.4, -0.2) is 59.3 Å². The molecule has 4 atom stereocenters. The number of allylic oxidation sites excluding steroid dienone is 2. The van der Waals surface area contributed by atoms with Gasteiger partial charge in [0.15, 0.2) is 17.3 Å². The number of ether oxygens (including phenoxy) is 2. The van der Waals surface area contributed by atoms with E-state index in [0.29, 0.717) is 61.3 Å². The Morgan fingerprint density at radius 2 is 1.47 bits per heavy atom. The van der Waals surface area contributed by atoms with Crippen LogP contribution in [0, 0.1) is 5.41 Å². The molecule has 1 fully saturated rings. The monoisotopic (exact) mass is 791 g/mol. The Hall–Kier alpha value is -5.50. The van der Waals surface area contributed by atoms with E-state index in [1.165, 1.54) is 5.57 Å². The summed E-state index contributed by atoms with van der Waals surface area (Å²) in [5, 5.41) is 24.3. The Labute approximate surface area is 349 Å². The summed E-state index contributed by atoms with van der Waals surface area (Å²) >= 11 is 0. The smallest absolute Gasteiger partial charge is 0.227 e. The molecule has 1 saturated carbocycles. The lowest BCUT2D eigenvalue weighted by Crippen LogP contribution is -2.53. The van der Waals surface area contributed by atoms with E-state index in [4.69, 9.17) is 9.47 Å². The second kappa shape index (κ2) is 18.2. The molecule has 0 radical (unpaired) electrons. The SMILES string of the molecule is COc1ccc(CC(=O)N(Cc2ccccc2)C[C@]2(O)CC[C@H]3c4ccc(cc4C(=O)c4ccc(-c5ccccc5)cc4)C[C@@H](O)CCC(C)=CCC[C@@]32C)cc1OC. The third-order valence-electron chi connectivity index (χ3n) is 13.0. The molecule has 0 aliphatic heterocycles. The summed E-state index contributed by atoms with van der Waals surface area (Å²) in [6, 6.07) is 39.5. The average molecular weight is 792 g/mol. The van der Waals surface area contributed by atoms with Gasteiger partial charge in [-0.2, -0.15) is 0 Å². The largest absolute Gasteiger partial charge is 0.493 e. The van der Waals surface area contributed by atoms with Crippen LogP contribution in [0.3, 0.4) is 0 Å². The Morgan fingerprint density at radius 3 is 2.19 bits per heavy atom. The summed E-state index contributed by atoms with van der Waals surface area (Å²) in [6.07, 6.45) is 6.15. The zero-order chi connectivity index (χ0) is 41.6. The third-order valence-corrected chi connectivity index (χ3v) is 13.0. The molecule has 3 aliphatic carbocycles. The number of fused-ring (bicyclic) bond motifs is 8. The Kier molecular flexibility index (Phi) is 12.8. The molecule has 306 valence electrons. The van der Waals surface area contributed by atoms with E-state index < -0.39 is 17.1 Å². The molecule has 0 saturated heterocycles. The summed E-state index contributed by atoms with van der Waals surface area (Å²) in [5.41, 5.74) is 6.13. The van der Waals surface area contributed by atoms with E-state index in [1.807, 2.05) is 102 Å². The van der Waals surface area contributed by atoms with Gasteiger partial charge in [-0.05, 0) is 109 Å². The summed E-state index contributed by atoms with van der Waals surface area (Å²) in [4.78, 5) is 31.1. The number of carbonyl (C=O) groups is 2. The van der Waals surface area contributed by atoms with Crippen molar-refractivity contribution in [3.63, 3.8) is 0 Å². The van der Waals surface area contributed by atoms with Gasteiger partial charge in [-0.15, -0.1) is 0 Å². The maximum atomic E-state index is 14.7. The number of methoxy groups -OCH3 is 2. The van der Waals surface area contributed by atoms with Crippen LogP contribution >= 0.6 is 0 Å². The lowest BCUT2D eigenvalue weighted by Gasteiger charge is -2.46. The molecular weight excluding hydrogens is 735 g/mol. The van der Waals surface area contributed by atoms with Crippen LogP contribution in [0.5, 0.6) is 11.5 Å². The lowest BCUT2D eigenvalue weighted by molar-refractivity contribution is -0.140. The summed E-state index contributed by atoms with van der Waals surface area (Å²) in [7, 11) is 3.17.